The Morgan fingerprint density at radius 3 is 2.30 bits per heavy atom. The van der Waals surface area contributed by atoms with Crippen molar-refractivity contribution in [3.8, 4) is 17.6 Å². The number of carboxylic acids is 1. The molecule has 106 valence electrons. The summed E-state index contributed by atoms with van der Waals surface area (Å²) in [6.45, 7) is 1.79. The molecule has 0 spiro atoms. The van der Waals surface area contributed by atoms with Gasteiger partial charge in [-0.05, 0) is 29.7 Å². The summed E-state index contributed by atoms with van der Waals surface area (Å²) in [7, 11) is 3.01. The minimum absolute atomic E-state index is 0.277. The van der Waals surface area contributed by atoms with Crippen LogP contribution in [0.1, 0.15) is 18.9 Å². The van der Waals surface area contributed by atoms with E-state index in [0.29, 0.717) is 33.5 Å². The van der Waals surface area contributed by atoms with Gasteiger partial charge in [0, 0.05) is 4.47 Å². The van der Waals surface area contributed by atoms with Crippen molar-refractivity contribution in [2.24, 2.45) is 0 Å². The smallest absolute Gasteiger partial charge is 0.346 e. The van der Waals surface area contributed by atoms with Crippen molar-refractivity contribution in [1.82, 2.24) is 0 Å². The fraction of sp³-hybridized carbons (Fsp3) is 0.286. The van der Waals surface area contributed by atoms with E-state index in [-0.39, 0.29) is 5.57 Å². The minimum atomic E-state index is -1.24. The molecule has 0 unspecified atom stereocenters. The number of hydrogen-bond acceptors (Lipinski definition) is 4. The van der Waals surface area contributed by atoms with Crippen LogP contribution in [0, 0.1) is 11.3 Å². The summed E-state index contributed by atoms with van der Waals surface area (Å²) in [5, 5.41) is 18.1. The van der Waals surface area contributed by atoms with E-state index in [0.717, 1.165) is 0 Å². The second-order valence-electron chi connectivity index (χ2n) is 3.81. The summed E-state index contributed by atoms with van der Waals surface area (Å²) in [6.07, 6.45) is 0.406. The van der Waals surface area contributed by atoms with Crippen molar-refractivity contribution in [1.29, 1.82) is 5.26 Å². The molecular weight excluding hydrogens is 326 g/mol. The molecule has 0 bridgehead atoms. The zero-order chi connectivity index (χ0) is 15.3. The number of nitrogens with zero attached hydrogens (tertiary/aromatic N) is 1. The predicted octanol–water partition coefficient (Wildman–Crippen LogP) is 3.24. The number of nitriles is 1. The Balaban J connectivity index is 3.60. The standard InChI is InChI=1S/C14H14BrNO4/c1-4-8(10(7-16)14(17)18)9-5-12(19-2)13(20-3)6-11(9)15/h5-6H,4H2,1-3H3,(H,17,18). The third-order valence-corrected chi connectivity index (χ3v) is 3.44. The Morgan fingerprint density at radius 1 is 1.35 bits per heavy atom. The summed E-state index contributed by atoms with van der Waals surface area (Å²) in [5.74, 6) is -0.252. The highest BCUT2D eigenvalue weighted by Gasteiger charge is 2.19. The third-order valence-electron chi connectivity index (χ3n) is 2.78. The highest BCUT2D eigenvalue weighted by atomic mass is 79.9. The SMILES string of the molecule is CCC(=C(C#N)C(=O)O)c1cc(OC)c(OC)cc1Br. The Morgan fingerprint density at radius 2 is 1.90 bits per heavy atom. The lowest BCUT2D eigenvalue weighted by molar-refractivity contribution is -0.132. The van der Waals surface area contributed by atoms with E-state index in [1.54, 1.807) is 25.1 Å². The van der Waals surface area contributed by atoms with E-state index in [1.165, 1.54) is 14.2 Å². The molecule has 0 amide bonds. The van der Waals surface area contributed by atoms with Crippen molar-refractivity contribution < 1.29 is 19.4 Å². The number of rotatable bonds is 5. The van der Waals surface area contributed by atoms with Crippen LogP contribution in [0.3, 0.4) is 0 Å². The highest BCUT2D eigenvalue weighted by molar-refractivity contribution is 9.10. The predicted molar refractivity (Wildman–Crippen MR) is 77.7 cm³/mol. The first-order valence-electron chi connectivity index (χ1n) is 5.78. The molecule has 1 N–H and O–H groups in total. The van der Waals surface area contributed by atoms with Crippen molar-refractivity contribution in [2.45, 2.75) is 13.3 Å². The molecule has 1 rings (SSSR count). The van der Waals surface area contributed by atoms with E-state index in [1.807, 2.05) is 0 Å². The lowest BCUT2D eigenvalue weighted by Gasteiger charge is -2.14. The molecular formula is C14H14BrNO4. The average Bonchev–Trinajstić information content (AvgIpc) is 2.44. The lowest BCUT2D eigenvalue weighted by Crippen LogP contribution is -2.03. The van der Waals surface area contributed by atoms with Gasteiger partial charge in [0.25, 0.3) is 0 Å². The van der Waals surface area contributed by atoms with Crippen LogP contribution in [0.15, 0.2) is 22.2 Å². The first kappa shape index (κ1) is 16.1. The molecule has 6 heteroatoms. The largest absolute Gasteiger partial charge is 0.493 e. The number of benzene rings is 1. The number of aliphatic carboxylic acids is 1. The van der Waals surface area contributed by atoms with Crippen molar-refractivity contribution in [2.75, 3.05) is 14.2 Å². The van der Waals surface area contributed by atoms with Gasteiger partial charge < -0.3 is 14.6 Å². The molecule has 0 heterocycles. The molecule has 0 aromatic heterocycles. The molecule has 5 nitrogen and oxygen atoms in total. The minimum Gasteiger partial charge on any atom is -0.493 e. The van der Waals surface area contributed by atoms with Crippen molar-refractivity contribution in [3.05, 3.63) is 27.7 Å². The normalized spacial score (nSPS) is 11.3. The van der Waals surface area contributed by atoms with E-state index >= 15 is 0 Å². The topological polar surface area (TPSA) is 79.6 Å². The molecule has 0 fully saturated rings. The maximum Gasteiger partial charge on any atom is 0.346 e. The molecule has 0 saturated carbocycles. The number of methoxy groups -OCH3 is 2. The number of allylic oxidation sites excluding steroid dienone is 1. The fourth-order valence-electron chi connectivity index (χ4n) is 1.83. The van der Waals surface area contributed by atoms with E-state index < -0.39 is 5.97 Å². The van der Waals surface area contributed by atoms with Crippen molar-refractivity contribution >= 4 is 27.5 Å². The summed E-state index contributed by atoms with van der Waals surface area (Å²) in [6, 6.07) is 5.07. The average molecular weight is 340 g/mol. The Bertz CT molecular complexity index is 602. The number of carboxylic acid groups (broad SMARTS) is 1. The van der Waals surface area contributed by atoms with Gasteiger partial charge in [0.15, 0.2) is 11.5 Å². The molecule has 0 radical (unpaired) electrons. The summed E-state index contributed by atoms with van der Waals surface area (Å²) < 4.78 is 11.0. The lowest BCUT2D eigenvalue weighted by atomic mass is 9.97. The van der Waals surface area contributed by atoms with Gasteiger partial charge in [-0.2, -0.15) is 5.26 Å². The molecule has 20 heavy (non-hydrogen) atoms. The van der Waals surface area contributed by atoms with Crippen LogP contribution in [0.5, 0.6) is 11.5 Å². The molecule has 0 aliphatic carbocycles. The monoisotopic (exact) mass is 339 g/mol. The fourth-order valence-corrected chi connectivity index (χ4v) is 2.39. The summed E-state index contributed by atoms with van der Waals surface area (Å²) in [4.78, 5) is 11.1. The van der Waals surface area contributed by atoms with Gasteiger partial charge in [0.1, 0.15) is 11.6 Å². The van der Waals surface area contributed by atoms with Gasteiger partial charge in [-0.15, -0.1) is 0 Å². The first-order chi connectivity index (χ1) is 9.49. The van der Waals surface area contributed by atoms with Crippen LogP contribution < -0.4 is 9.47 Å². The van der Waals surface area contributed by atoms with E-state index in [2.05, 4.69) is 15.9 Å². The molecule has 0 aliphatic rings. The van der Waals surface area contributed by atoms with Crippen LogP contribution in [0.4, 0.5) is 0 Å². The van der Waals surface area contributed by atoms with Crippen LogP contribution >= 0.6 is 15.9 Å². The first-order valence-corrected chi connectivity index (χ1v) is 6.57. The number of carbonyl (C=O) groups is 1. The molecule has 0 saturated heterocycles. The Labute approximate surface area is 125 Å². The van der Waals surface area contributed by atoms with Crippen LogP contribution in [0.25, 0.3) is 5.57 Å². The maximum atomic E-state index is 11.1. The summed E-state index contributed by atoms with van der Waals surface area (Å²) >= 11 is 3.37. The van der Waals surface area contributed by atoms with Crippen LogP contribution in [-0.4, -0.2) is 25.3 Å². The second kappa shape index (κ2) is 6.96. The quantitative estimate of drug-likeness (QED) is 0.657. The number of hydrogen-bond donors (Lipinski definition) is 1. The van der Waals surface area contributed by atoms with Crippen molar-refractivity contribution in [3.63, 3.8) is 0 Å². The van der Waals surface area contributed by atoms with E-state index in [4.69, 9.17) is 19.8 Å². The van der Waals surface area contributed by atoms with Crippen LogP contribution in [0.2, 0.25) is 0 Å². The summed E-state index contributed by atoms with van der Waals surface area (Å²) in [5.41, 5.74) is 0.761. The Kier molecular flexibility index (Phi) is 5.59. The number of halogens is 1. The van der Waals surface area contributed by atoms with Gasteiger partial charge >= 0.3 is 5.97 Å². The molecule has 1 aromatic carbocycles. The van der Waals surface area contributed by atoms with Crippen LogP contribution in [-0.2, 0) is 4.79 Å². The van der Waals surface area contributed by atoms with Gasteiger partial charge in [-0.3, -0.25) is 0 Å². The molecule has 1 aromatic rings. The zero-order valence-electron chi connectivity index (χ0n) is 11.4. The Hall–Kier alpha value is -2.00. The highest BCUT2D eigenvalue weighted by Crippen LogP contribution is 2.38. The molecule has 0 atom stereocenters. The maximum absolute atomic E-state index is 11.1. The second-order valence-corrected chi connectivity index (χ2v) is 4.67. The van der Waals surface area contributed by atoms with Gasteiger partial charge in [0.05, 0.1) is 14.2 Å². The molecule has 0 aliphatic heterocycles. The van der Waals surface area contributed by atoms with Gasteiger partial charge in [0.2, 0.25) is 0 Å². The third kappa shape index (κ3) is 3.11. The van der Waals surface area contributed by atoms with Gasteiger partial charge in [-0.25, -0.2) is 4.79 Å². The zero-order valence-corrected chi connectivity index (χ0v) is 12.9. The number of ether oxygens (including phenoxy) is 2. The van der Waals surface area contributed by atoms with E-state index in [9.17, 15) is 4.79 Å². The van der Waals surface area contributed by atoms with Gasteiger partial charge in [-0.1, -0.05) is 22.9 Å².